The molecular formula is C16H15NO2. The minimum atomic E-state index is -0.469. The van der Waals surface area contributed by atoms with Crippen LogP contribution in [0.25, 0.3) is 0 Å². The third-order valence-electron chi connectivity index (χ3n) is 3.29. The SMILES string of the molecule is C[C@@H]1Oc2ccccc2CN(c2ccccc2)C1=O. The van der Waals surface area contributed by atoms with Crippen molar-refractivity contribution in [3.05, 3.63) is 60.2 Å². The molecule has 0 fully saturated rings. The zero-order valence-electron chi connectivity index (χ0n) is 10.7. The number of para-hydroxylation sites is 2. The Balaban J connectivity index is 2.03. The highest BCUT2D eigenvalue weighted by Crippen LogP contribution is 2.28. The molecule has 2 aromatic rings. The first-order valence-corrected chi connectivity index (χ1v) is 6.37. The van der Waals surface area contributed by atoms with Crippen molar-refractivity contribution in [3.63, 3.8) is 0 Å². The van der Waals surface area contributed by atoms with Crippen LogP contribution in [0, 0.1) is 0 Å². The molecular weight excluding hydrogens is 238 g/mol. The van der Waals surface area contributed by atoms with Gasteiger partial charge in [-0.05, 0) is 25.1 Å². The van der Waals surface area contributed by atoms with E-state index < -0.39 is 6.10 Å². The number of amides is 1. The van der Waals surface area contributed by atoms with Crippen LogP contribution in [-0.4, -0.2) is 12.0 Å². The molecule has 3 nitrogen and oxygen atoms in total. The molecule has 0 saturated heterocycles. The van der Waals surface area contributed by atoms with E-state index >= 15 is 0 Å². The first-order valence-electron chi connectivity index (χ1n) is 6.37. The van der Waals surface area contributed by atoms with Crippen molar-refractivity contribution in [3.8, 4) is 5.75 Å². The van der Waals surface area contributed by atoms with Gasteiger partial charge >= 0.3 is 0 Å². The van der Waals surface area contributed by atoms with Crippen LogP contribution < -0.4 is 9.64 Å². The van der Waals surface area contributed by atoms with Gasteiger partial charge in [0.2, 0.25) is 0 Å². The highest BCUT2D eigenvalue weighted by Gasteiger charge is 2.28. The smallest absolute Gasteiger partial charge is 0.268 e. The molecule has 0 saturated carbocycles. The minimum absolute atomic E-state index is 0.0117. The highest BCUT2D eigenvalue weighted by molar-refractivity contribution is 5.97. The molecule has 1 atom stereocenters. The quantitative estimate of drug-likeness (QED) is 0.782. The zero-order chi connectivity index (χ0) is 13.2. The van der Waals surface area contributed by atoms with E-state index in [0.717, 1.165) is 17.0 Å². The molecule has 0 radical (unpaired) electrons. The summed E-state index contributed by atoms with van der Waals surface area (Å²) in [5.74, 6) is 0.782. The number of hydrogen-bond donors (Lipinski definition) is 0. The summed E-state index contributed by atoms with van der Waals surface area (Å²) in [5.41, 5.74) is 1.93. The predicted octanol–water partition coefficient (Wildman–Crippen LogP) is 3.00. The van der Waals surface area contributed by atoms with E-state index in [9.17, 15) is 4.79 Å². The molecule has 3 heteroatoms. The Labute approximate surface area is 112 Å². The third-order valence-corrected chi connectivity index (χ3v) is 3.29. The van der Waals surface area contributed by atoms with Crippen molar-refractivity contribution >= 4 is 11.6 Å². The first-order chi connectivity index (χ1) is 9.25. The summed E-state index contributed by atoms with van der Waals surface area (Å²) in [7, 11) is 0. The lowest BCUT2D eigenvalue weighted by Crippen LogP contribution is -2.37. The summed E-state index contributed by atoms with van der Waals surface area (Å²) in [6, 6.07) is 17.5. The molecule has 0 unspecified atom stereocenters. The van der Waals surface area contributed by atoms with Crippen LogP contribution in [0.4, 0.5) is 5.69 Å². The van der Waals surface area contributed by atoms with E-state index in [1.54, 1.807) is 11.8 Å². The molecule has 0 N–H and O–H groups in total. The van der Waals surface area contributed by atoms with Gasteiger partial charge in [0, 0.05) is 11.3 Å². The van der Waals surface area contributed by atoms with Crippen molar-refractivity contribution in [1.82, 2.24) is 0 Å². The van der Waals surface area contributed by atoms with E-state index in [1.165, 1.54) is 0 Å². The lowest BCUT2D eigenvalue weighted by Gasteiger charge is -2.22. The van der Waals surface area contributed by atoms with E-state index in [0.29, 0.717) is 6.54 Å². The fourth-order valence-electron chi connectivity index (χ4n) is 2.28. The average molecular weight is 253 g/mol. The molecule has 1 aliphatic rings. The summed E-state index contributed by atoms with van der Waals surface area (Å²) in [5, 5.41) is 0. The Bertz CT molecular complexity index is 595. The fraction of sp³-hybridized carbons (Fsp3) is 0.188. The molecule has 1 aliphatic heterocycles. The first kappa shape index (κ1) is 11.8. The lowest BCUT2D eigenvalue weighted by atomic mass is 10.2. The summed E-state index contributed by atoms with van der Waals surface area (Å²) in [6.07, 6.45) is -0.469. The third kappa shape index (κ3) is 2.19. The maximum absolute atomic E-state index is 12.4. The normalized spacial score (nSPS) is 18.5. The molecule has 0 aromatic heterocycles. The second-order valence-corrected chi connectivity index (χ2v) is 4.63. The summed E-state index contributed by atoms with van der Waals surface area (Å²) < 4.78 is 5.73. The molecule has 3 rings (SSSR count). The summed E-state index contributed by atoms with van der Waals surface area (Å²) >= 11 is 0. The lowest BCUT2D eigenvalue weighted by molar-refractivity contribution is -0.124. The number of carbonyl (C=O) groups excluding carboxylic acids is 1. The van der Waals surface area contributed by atoms with Gasteiger partial charge in [0.1, 0.15) is 5.75 Å². The van der Waals surface area contributed by atoms with E-state index in [-0.39, 0.29) is 5.91 Å². The fourth-order valence-corrected chi connectivity index (χ4v) is 2.28. The number of nitrogens with zero attached hydrogens (tertiary/aromatic N) is 1. The van der Waals surface area contributed by atoms with Crippen molar-refractivity contribution in [1.29, 1.82) is 0 Å². The zero-order valence-corrected chi connectivity index (χ0v) is 10.7. The maximum atomic E-state index is 12.4. The molecule has 0 aliphatic carbocycles. The van der Waals surface area contributed by atoms with Crippen molar-refractivity contribution in [2.24, 2.45) is 0 Å². The van der Waals surface area contributed by atoms with Crippen LogP contribution in [-0.2, 0) is 11.3 Å². The molecule has 96 valence electrons. The van der Waals surface area contributed by atoms with Gasteiger partial charge < -0.3 is 9.64 Å². The monoisotopic (exact) mass is 253 g/mol. The van der Waals surface area contributed by atoms with Gasteiger partial charge in [0.05, 0.1) is 6.54 Å². The molecule has 0 spiro atoms. The van der Waals surface area contributed by atoms with Gasteiger partial charge in [-0.3, -0.25) is 4.79 Å². The Morgan fingerprint density at radius 1 is 1.05 bits per heavy atom. The number of fused-ring (bicyclic) bond motifs is 1. The standard InChI is InChI=1S/C16H15NO2/c1-12-16(18)17(14-8-3-2-4-9-14)11-13-7-5-6-10-15(13)19-12/h2-10,12H,11H2,1H3/t12-/m0/s1. The topological polar surface area (TPSA) is 29.5 Å². The van der Waals surface area contributed by atoms with Gasteiger partial charge in [0.25, 0.3) is 5.91 Å². The van der Waals surface area contributed by atoms with Crippen LogP contribution in [0.1, 0.15) is 12.5 Å². The van der Waals surface area contributed by atoms with Crippen LogP contribution in [0.3, 0.4) is 0 Å². The van der Waals surface area contributed by atoms with E-state index in [2.05, 4.69) is 0 Å². The Morgan fingerprint density at radius 2 is 1.74 bits per heavy atom. The highest BCUT2D eigenvalue weighted by atomic mass is 16.5. The largest absolute Gasteiger partial charge is 0.481 e. The number of hydrogen-bond acceptors (Lipinski definition) is 2. The Morgan fingerprint density at radius 3 is 2.53 bits per heavy atom. The predicted molar refractivity (Wildman–Crippen MR) is 74.2 cm³/mol. The summed E-state index contributed by atoms with van der Waals surface area (Å²) in [6.45, 7) is 2.34. The molecule has 1 heterocycles. The summed E-state index contributed by atoms with van der Waals surface area (Å²) in [4.78, 5) is 14.2. The molecule has 0 bridgehead atoms. The average Bonchev–Trinajstić information content (AvgIpc) is 2.58. The van der Waals surface area contributed by atoms with Crippen molar-refractivity contribution < 1.29 is 9.53 Å². The Kier molecular flexibility index (Phi) is 2.95. The van der Waals surface area contributed by atoms with Crippen LogP contribution >= 0.6 is 0 Å². The Hall–Kier alpha value is -2.29. The molecule has 1 amide bonds. The van der Waals surface area contributed by atoms with Crippen molar-refractivity contribution in [2.45, 2.75) is 19.6 Å². The van der Waals surface area contributed by atoms with Crippen LogP contribution in [0.15, 0.2) is 54.6 Å². The van der Waals surface area contributed by atoms with Gasteiger partial charge in [-0.25, -0.2) is 0 Å². The van der Waals surface area contributed by atoms with Crippen LogP contribution in [0.5, 0.6) is 5.75 Å². The number of anilines is 1. The van der Waals surface area contributed by atoms with Gasteiger partial charge in [0.15, 0.2) is 6.10 Å². The van der Waals surface area contributed by atoms with E-state index in [4.69, 9.17) is 4.74 Å². The van der Waals surface area contributed by atoms with Gasteiger partial charge in [-0.2, -0.15) is 0 Å². The number of carbonyl (C=O) groups is 1. The van der Waals surface area contributed by atoms with Gasteiger partial charge in [-0.1, -0.05) is 36.4 Å². The second-order valence-electron chi connectivity index (χ2n) is 4.63. The number of benzene rings is 2. The molecule has 19 heavy (non-hydrogen) atoms. The van der Waals surface area contributed by atoms with Crippen LogP contribution in [0.2, 0.25) is 0 Å². The molecule has 2 aromatic carbocycles. The van der Waals surface area contributed by atoms with Gasteiger partial charge in [-0.15, -0.1) is 0 Å². The maximum Gasteiger partial charge on any atom is 0.268 e. The van der Waals surface area contributed by atoms with E-state index in [1.807, 2.05) is 54.6 Å². The number of rotatable bonds is 1. The second kappa shape index (κ2) is 4.76. The number of ether oxygens (including phenoxy) is 1. The van der Waals surface area contributed by atoms with Crippen molar-refractivity contribution in [2.75, 3.05) is 4.90 Å². The minimum Gasteiger partial charge on any atom is -0.481 e.